The summed E-state index contributed by atoms with van der Waals surface area (Å²) in [6, 6.07) is 3.06. The van der Waals surface area contributed by atoms with Gasteiger partial charge in [-0.15, -0.1) is 10.1 Å². The molecule has 108 valence electrons. The Morgan fingerprint density at radius 3 is 2.75 bits per heavy atom. The highest BCUT2D eigenvalue weighted by Gasteiger charge is 2.15. The first-order valence-corrected chi connectivity index (χ1v) is 5.43. The number of carbonyl (C=O) groups excluding carboxylic acids is 2. The van der Waals surface area contributed by atoms with Gasteiger partial charge in [0.15, 0.2) is 0 Å². The lowest BCUT2D eigenvalue weighted by Crippen LogP contribution is -2.28. The number of benzene rings is 1. The number of nitrogens with zero attached hydrogens (tertiary/aromatic N) is 1. The number of ether oxygens (including phenoxy) is 1. The Hall–Kier alpha value is -2.71. The Balaban J connectivity index is 2.72. The zero-order chi connectivity index (χ0) is 15.1. The molecule has 0 heterocycles. The molecule has 1 rings (SSSR count). The Kier molecular flexibility index (Phi) is 5.39. The van der Waals surface area contributed by atoms with E-state index in [1.165, 1.54) is 0 Å². The Morgan fingerprint density at radius 1 is 1.45 bits per heavy atom. The fourth-order valence-electron chi connectivity index (χ4n) is 1.30. The standard InChI is InChI=1S/C11H11FN2O6/c1-7(15)20-10-3-2-8(12)6-9(10)11(16)13-4-5-19-14(17)18/h2-3,6H,4-5H2,1H3,(H,13,16). The molecule has 8 nitrogen and oxygen atoms in total. The Morgan fingerprint density at radius 2 is 2.15 bits per heavy atom. The molecule has 0 radical (unpaired) electrons. The van der Waals surface area contributed by atoms with Crippen molar-refractivity contribution in [3.8, 4) is 5.75 Å². The molecule has 0 saturated heterocycles. The molecule has 0 spiro atoms. The van der Waals surface area contributed by atoms with Crippen LogP contribution in [0.4, 0.5) is 4.39 Å². The van der Waals surface area contributed by atoms with E-state index in [-0.39, 0.29) is 24.5 Å². The molecule has 1 amide bonds. The van der Waals surface area contributed by atoms with Crippen molar-refractivity contribution in [3.63, 3.8) is 0 Å². The van der Waals surface area contributed by atoms with Gasteiger partial charge in [-0.2, -0.15) is 0 Å². The number of carbonyl (C=O) groups is 2. The van der Waals surface area contributed by atoms with Crippen LogP contribution < -0.4 is 10.1 Å². The Bertz CT molecular complexity index is 534. The second-order valence-corrected chi connectivity index (χ2v) is 3.55. The third-order valence-corrected chi connectivity index (χ3v) is 2.02. The molecule has 0 aromatic heterocycles. The SMILES string of the molecule is CC(=O)Oc1ccc(F)cc1C(=O)NCCO[N+](=O)[O-]. The summed E-state index contributed by atoms with van der Waals surface area (Å²) in [5, 5.41) is 11.2. The zero-order valence-corrected chi connectivity index (χ0v) is 10.4. The van der Waals surface area contributed by atoms with Crippen LogP contribution in [0.3, 0.4) is 0 Å². The molecule has 1 N–H and O–H groups in total. The summed E-state index contributed by atoms with van der Waals surface area (Å²) in [5.74, 6) is -2.20. The average molecular weight is 286 g/mol. The molecule has 0 aliphatic rings. The number of amides is 1. The van der Waals surface area contributed by atoms with Gasteiger partial charge in [-0.05, 0) is 18.2 Å². The van der Waals surface area contributed by atoms with Crippen molar-refractivity contribution < 1.29 is 28.6 Å². The van der Waals surface area contributed by atoms with Crippen LogP contribution in [0.5, 0.6) is 5.75 Å². The first-order valence-electron chi connectivity index (χ1n) is 5.43. The van der Waals surface area contributed by atoms with Crippen LogP contribution in [0, 0.1) is 15.9 Å². The van der Waals surface area contributed by atoms with Gasteiger partial charge >= 0.3 is 5.97 Å². The highest BCUT2D eigenvalue weighted by Crippen LogP contribution is 2.19. The number of esters is 1. The first-order chi connectivity index (χ1) is 9.40. The molecule has 0 saturated carbocycles. The van der Waals surface area contributed by atoms with Crippen molar-refractivity contribution in [2.75, 3.05) is 13.2 Å². The third-order valence-electron chi connectivity index (χ3n) is 2.02. The molecule has 0 atom stereocenters. The van der Waals surface area contributed by atoms with E-state index in [4.69, 9.17) is 4.74 Å². The molecule has 0 unspecified atom stereocenters. The summed E-state index contributed by atoms with van der Waals surface area (Å²) in [7, 11) is 0. The Labute approximate surface area is 112 Å². The van der Waals surface area contributed by atoms with Crippen molar-refractivity contribution in [2.45, 2.75) is 6.92 Å². The fourth-order valence-corrected chi connectivity index (χ4v) is 1.30. The fraction of sp³-hybridized carbons (Fsp3) is 0.273. The normalized spacial score (nSPS) is 9.70. The van der Waals surface area contributed by atoms with Gasteiger partial charge in [-0.1, -0.05) is 0 Å². The zero-order valence-electron chi connectivity index (χ0n) is 10.4. The van der Waals surface area contributed by atoms with Crippen molar-refractivity contribution in [3.05, 3.63) is 39.7 Å². The predicted octanol–water partition coefficient (Wildman–Crippen LogP) is 0.689. The summed E-state index contributed by atoms with van der Waals surface area (Å²) in [6.45, 7) is 0.628. The topological polar surface area (TPSA) is 108 Å². The molecule has 1 aromatic rings. The average Bonchev–Trinajstić information content (AvgIpc) is 2.35. The van der Waals surface area contributed by atoms with E-state index in [1.807, 2.05) is 0 Å². The van der Waals surface area contributed by atoms with Gasteiger partial charge in [0.2, 0.25) is 0 Å². The molecule has 0 aliphatic heterocycles. The third kappa shape index (κ3) is 4.88. The summed E-state index contributed by atoms with van der Waals surface area (Å²) >= 11 is 0. The van der Waals surface area contributed by atoms with Gasteiger partial charge in [0.1, 0.15) is 18.2 Å². The lowest BCUT2D eigenvalue weighted by molar-refractivity contribution is -0.757. The van der Waals surface area contributed by atoms with E-state index in [2.05, 4.69) is 10.2 Å². The molecular formula is C11H11FN2O6. The van der Waals surface area contributed by atoms with E-state index in [1.54, 1.807) is 0 Å². The van der Waals surface area contributed by atoms with Crippen molar-refractivity contribution in [1.82, 2.24) is 5.32 Å². The molecule has 0 bridgehead atoms. The summed E-state index contributed by atoms with van der Waals surface area (Å²) in [5.41, 5.74) is -0.193. The van der Waals surface area contributed by atoms with Crippen LogP contribution in [0.25, 0.3) is 0 Å². The minimum absolute atomic E-state index is 0.105. The van der Waals surface area contributed by atoms with Gasteiger partial charge in [-0.3, -0.25) is 9.59 Å². The predicted molar refractivity (Wildman–Crippen MR) is 63.0 cm³/mol. The van der Waals surface area contributed by atoms with Crippen molar-refractivity contribution in [1.29, 1.82) is 0 Å². The van der Waals surface area contributed by atoms with Crippen molar-refractivity contribution in [2.24, 2.45) is 0 Å². The van der Waals surface area contributed by atoms with Crippen LogP contribution in [-0.2, 0) is 9.63 Å². The minimum Gasteiger partial charge on any atom is -0.426 e. The van der Waals surface area contributed by atoms with Crippen LogP contribution in [-0.4, -0.2) is 30.1 Å². The van der Waals surface area contributed by atoms with Crippen molar-refractivity contribution >= 4 is 11.9 Å². The summed E-state index contributed by atoms with van der Waals surface area (Å²) in [4.78, 5) is 36.5. The molecular weight excluding hydrogens is 275 g/mol. The molecule has 0 fully saturated rings. The second kappa shape index (κ2) is 7.02. The quantitative estimate of drug-likeness (QED) is 0.271. The summed E-state index contributed by atoms with van der Waals surface area (Å²) < 4.78 is 17.9. The molecule has 1 aromatic carbocycles. The molecule has 20 heavy (non-hydrogen) atoms. The first kappa shape index (κ1) is 15.3. The largest absolute Gasteiger partial charge is 0.426 e. The number of hydrogen-bond donors (Lipinski definition) is 1. The number of rotatable bonds is 6. The van der Waals surface area contributed by atoms with Gasteiger partial charge in [-0.25, -0.2) is 4.39 Å². The lowest BCUT2D eigenvalue weighted by Gasteiger charge is -2.09. The van der Waals surface area contributed by atoms with Gasteiger partial charge in [0, 0.05) is 13.5 Å². The number of halogens is 1. The van der Waals surface area contributed by atoms with Gasteiger partial charge in [0.25, 0.3) is 11.0 Å². The minimum atomic E-state index is -1.00. The van der Waals surface area contributed by atoms with Crippen LogP contribution >= 0.6 is 0 Å². The van der Waals surface area contributed by atoms with E-state index < -0.39 is 22.8 Å². The van der Waals surface area contributed by atoms with Crippen LogP contribution in [0.15, 0.2) is 18.2 Å². The highest BCUT2D eigenvalue weighted by molar-refractivity contribution is 5.97. The maximum Gasteiger partial charge on any atom is 0.308 e. The maximum absolute atomic E-state index is 13.1. The van der Waals surface area contributed by atoms with Gasteiger partial charge in [0.05, 0.1) is 5.56 Å². The molecule has 9 heteroatoms. The second-order valence-electron chi connectivity index (χ2n) is 3.55. The highest BCUT2D eigenvalue weighted by atomic mass is 19.1. The number of hydrogen-bond acceptors (Lipinski definition) is 6. The maximum atomic E-state index is 13.1. The van der Waals surface area contributed by atoms with Crippen LogP contribution in [0.2, 0.25) is 0 Å². The van der Waals surface area contributed by atoms with E-state index in [0.29, 0.717) is 0 Å². The van der Waals surface area contributed by atoms with E-state index >= 15 is 0 Å². The lowest BCUT2D eigenvalue weighted by atomic mass is 10.2. The van der Waals surface area contributed by atoms with Crippen LogP contribution in [0.1, 0.15) is 17.3 Å². The van der Waals surface area contributed by atoms with E-state index in [0.717, 1.165) is 25.1 Å². The monoisotopic (exact) mass is 286 g/mol. The summed E-state index contributed by atoms with van der Waals surface area (Å²) in [6.07, 6.45) is 0. The van der Waals surface area contributed by atoms with Gasteiger partial charge < -0.3 is 14.9 Å². The number of nitrogens with one attached hydrogen (secondary N) is 1. The molecule has 0 aliphatic carbocycles. The smallest absolute Gasteiger partial charge is 0.308 e. The van der Waals surface area contributed by atoms with E-state index in [9.17, 15) is 24.1 Å².